The summed E-state index contributed by atoms with van der Waals surface area (Å²) in [5.41, 5.74) is 5.13. The van der Waals surface area contributed by atoms with Gasteiger partial charge in [-0.15, -0.1) is 11.3 Å². The van der Waals surface area contributed by atoms with E-state index in [1.165, 1.54) is 0 Å². The summed E-state index contributed by atoms with van der Waals surface area (Å²) in [5, 5.41) is 2.59. The molecule has 262 valence electrons. The van der Waals surface area contributed by atoms with E-state index >= 15 is 0 Å². The summed E-state index contributed by atoms with van der Waals surface area (Å²) in [5.74, 6) is 1.30. The van der Waals surface area contributed by atoms with Crippen molar-refractivity contribution in [2.75, 3.05) is 0 Å². The Morgan fingerprint density at radius 3 is 1.89 bits per heavy atom. The van der Waals surface area contributed by atoms with E-state index in [-0.39, 0.29) is 34.1 Å². The predicted molar refractivity (Wildman–Crippen MR) is 234 cm³/mol. The van der Waals surface area contributed by atoms with Crippen molar-refractivity contribution in [3.63, 3.8) is 0 Å². The molecule has 0 aliphatic rings. The highest BCUT2D eigenvalue weighted by Crippen LogP contribution is 2.42. The maximum absolute atomic E-state index is 9.39. The first kappa shape index (κ1) is 24.2. The molecule has 4 nitrogen and oxygen atoms in total. The lowest BCUT2D eigenvalue weighted by Gasteiger charge is -2.15. The fourth-order valence-corrected chi connectivity index (χ4v) is 8.73. The molecular weight excluding hydrogens is 701 g/mol. The smallest absolute Gasteiger partial charge is 0.164 e. The molecule has 11 aromatic rings. The van der Waals surface area contributed by atoms with Gasteiger partial charge in [0.25, 0.3) is 0 Å². The summed E-state index contributed by atoms with van der Waals surface area (Å²) in [7, 11) is 0. The number of nitrogens with zero attached hydrogens (tertiary/aromatic N) is 4. The number of para-hydroxylation sites is 1. The number of thiophene rings is 1. The van der Waals surface area contributed by atoms with E-state index in [1.54, 1.807) is 34.1 Å². The van der Waals surface area contributed by atoms with Gasteiger partial charge in [0.1, 0.15) is 0 Å². The lowest BCUT2D eigenvalue weighted by molar-refractivity contribution is 1.07. The third-order valence-corrected chi connectivity index (χ3v) is 11.2. The van der Waals surface area contributed by atoms with Crippen molar-refractivity contribution in [1.29, 1.82) is 0 Å². The summed E-state index contributed by atoms with van der Waals surface area (Å²) in [6, 6.07) is 40.8. The molecule has 56 heavy (non-hydrogen) atoms. The molecule has 3 aromatic heterocycles. The van der Waals surface area contributed by atoms with Crippen molar-refractivity contribution in [1.82, 2.24) is 19.5 Å². The summed E-state index contributed by atoms with van der Waals surface area (Å²) < 4.78 is 83.5. The minimum absolute atomic E-state index is 0.0774. The first-order chi connectivity index (χ1) is 31.5. The molecule has 0 fully saturated rings. The monoisotopic (exact) mass is 741 g/mol. The van der Waals surface area contributed by atoms with E-state index < -0.39 is 42.3 Å². The van der Waals surface area contributed by atoms with Gasteiger partial charge in [0.05, 0.1) is 23.4 Å². The Kier molecular flexibility index (Phi) is 5.75. The first-order valence-electron chi connectivity index (χ1n) is 22.5. The van der Waals surface area contributed by atoms with Crippen molar-refractivity contribution in [3.8, 4) is 62.1 Å². The normalized spacial score (nSPS) is 13.8. The fourth-order valence-electron chi connectivity index (χ4n) is 7.59. The van der Waals surface area contributed by atoms with Crippen LogP contribution in [0.3, 0.4) is 0 Å². The van der Waals surface area contributed by atoms with Gasteiger partial charge in [-0.1, -0.05) is 151 Å². The zero-order chi connectivity index (χ0) is 44.8. The van der Waals surface area contributed by atoms with Crippen molar-refractivity contribution in [3.05, 3.63) is 194 Å². The van der Waals surface area contributed by atoms with Crippen LogP contribution in [-0.4, -0.2) is 19.5 Å². The van der Waals surface area contributed by atoms with Gasteiger partial charge in [0, 0.05) is 53.3 Å². The summed E-state index contributed by atoms with van der Waals surface area (Å²) >= 11 is 1.70. The minimum Gasteiger partial charge on any atom is -0.309 e. The third kappa shape index (κ3) is 5.40. The molecule has 0 bridgehead atoms. The quantitative estimate of drug-likeness (QED) is 0.170. The maximum atomic E-state index is 9.39. The van der Waals surface area contributed by atoms with Gasteiger partial charge >= 0.3 is 0 Å². The van der Waals surface area contributed by atoms with E-state index in [9.17, 15) is 2.74 Å². The van der Waals surface area contributed by atoms with E-state index in [0.29, 0.717) is 39.6 Å². The van der Waals surface area contributed by atoms with Crippen LogP contribution in [0.2, 0.25) is 0 Å². The molecule has 0 saturated heterocycles. The Labute approximate surface area is 340 Å². The van der Waals surface area contributed by atoms with Crippen molar-refractivity contribution < 1.29 is 12.3 Å². The number of hydrogen-bond donors (Lipinski definition) is 0. The van der Waals surface area contributed by atoms with E-state index in [2.05, 4.69) is 18.2 Å². The number of hydrogen-bond acceptors (Lipinski definition) is 4. The number of fused-ring (bicyclic) bond motifs is 6. The SMILES string of the molecule is [2H]c1c([2H])c([2H])c(-c2cccc3c2c2c([2H])c([2H])c([2H])c([2H])c2n3-c2cc(-c3ccccc3)cc(-c3nc(-c4ccccc4)nc(-c4cccc5sc6ccccc6c45)n3)c2)c([2H])c1[2H]. The number of rotatable bonds is 6. The molecule has 3 heterocycles. The van der Waals surface area contributed by atoms with E-state index in [4.69, 9.17) is 24.5 Å². The molecule has 0 aliphatic heterocycles. The largest absolute Gasteiger partial charge is 0.309 e. The van der Waals surface area contributed by atoms with Gasteiger partial charge < -0.3 is 4.57 Å². The van der Waals surface area contributed by atoms with Crippen LogP contribution in [0.15, 0.2) is 194 Å². The molecule has 5 heteroatoms. The zero-order valence-electron chi connectivity index (χ0n) is 38.5. The van der Waals surface area contributed by atoms with Crippen molar-refractivity contribution in [2.45, 2.75) is 0 Å². The van der Waals surface area contributed by atoms with Gasteiger partial charge in [0.2, 0.25) is 0 Å². The standard InChI is InChI=1S/C51H32N4S/c1-4-16-33(17-5-1)36-30-37(32-38(31-36)55-43-26-12-10-22-40(43)47-39(24-14-27-44(47)55)34-18-6-2-7-19-34)50-52-49(35-20-8-3-9-21-35)53-51(54-50)42-25-15-29-46-48(42)41-23-11-13-28-45(41)56-46/h1-32H/i2D,6D,7D,10D,12D,18D,19D,22D,26D. The van der Waals surface area contributed by atoms with Crippen LogP contribution in [0.4, 0.5) is 0 Å². The Hall–Kier alpha value is -7.21. The Balaban J connectivity index is 1.25. The molecule has 0 spiro atoms. The van der Waals surface area contributed by atoms with E-state index in [0.717, 1.165) is 42.4 Å². The maximum Gasteiger partial charge on any atom is 0.164 e. The van der Waals surface area contributed by atoms with E-state index in [1.807, 2.05) is 103 Å². The summed E-state index contributed by atoms with van der Waals surface area (Å²) in [4.78, 5) is 15.5. The van der Waals surface area contributed by atoms with Gasteiger partial charge in [-0.3, -0.25) is 0 Å². The van der Waals surface area contributed by atoms with Crippen LogP contribution in [0.1, 0.15) is 12.3 Å². The van der Waals surface area contributed by atoms with Crippen LogP contribution in [0.25, 0.3) is 104 Å². The van der Waals surface area contributed by atoms with Crippen LogP contribution in [0.5, 0.6) is 0 Å². The molecule has 0 unspecified atom stereocenters. The Morgan fingerprint density at radius 1 is 0.411 bits per heavy atom. The van der Waals surface area contributed by atoms with Gasteiger partial charge in [0.15, 0.2) is 17.5 Å². The minimum atomic E-state index is -0.539. The second-order valence-corrected chi connectivity index (χ2v) is 14.4. The highest BCUT2D eigenvalue weighted by Gasteiger charge is 2.20. The van der Waals surface area contributed by atoms with Gasteiger partial charge in [-0.2, -0.15) is 0 Å². The summed E-state index contributed by atoms with van der Waals surface area (Å²) in [6.45, 7) is 0. The first-order valence-corrected chi connectivity index (χ1v) is 18.9. The number of aromatic nitrogens is 4. The molecule has 0 saturated carbocycles. The lowest BCUT2D eigenvalue weighted by Crippen LogP contribution is -2.02. The highest BCUT2D eigenvalue weighted by atomic mass is 32.1. The lowest BCUT2D eigenvalue weighted by atomic mass is 9.99. The van der Waals surface area contributed by atoms with Crippen LogP contribution >= 0.6 is 11.3 Å². The molecular formula is C51H32N4S. The molecule has 0 atom stereocenters. The molecule has 8 aromatic carbocycles. The molecule has 0 N–H and O–H groups in total. The Bertz CT molecular complexity index is 3750. The van der Waals surface area contributed by atoms with Gasteiger partial charge in [-0.05, 0) is 64.7 Å². The highest BCUT2D eigenvalue weighted by molar-refractivity contribution is 7.25. The van der Waals surface area contributed by atoms with Crippen LogP contribution < -0.4 is 0 Å². The second-order valence-electron chi connectivity index (χ2n) is 13.3. The summed E-state index contributed by atoms with van der Waals surface area (Å²) in [6.07, 6.45) is 0. The van der Waals surface area contributed by atoms with Crippen molar-refractivity contribution in [2.24, 2.45) is 0 Å². The van der Waals surface area contributed by atoms with Crippen molar-refractivity contribution >= 4 is 53.3 Å². The topological polar surface area (TPSA) is 43.6 Å². The second kappa shape index (κ2) is 13.3. The molecule has 0 amide bonds. The molecule has 0 aliphatic carbocycles. The zero-order valence-corrected chi connectivity index (χ0v) is 30.3. The average molecular weight is 742 g/mol. The third-order valence-electron chi connectivity index (χ3n) is 10.0. The average Bonchev–Trinajstić information content (AvgIpc) is 3.91. The van der Waals surface area contributed by atoms with Crippen LogP contribution in [-0.2, 0) is 0 Å². The van der Waals surface area contributed by atoms with Gasteiger partial charge in [-0.25, -0.2) is 15.0 Å². The Morgan fingerprint density at radius 2 is 1.05 bits per heavy atom. The molecule has 0 radical (unpaired) electrons. The molecule has 11 rings (SSSR count). The number of benzene rings is 8. The van der Waals surface area contributed by atoms with Crippen LogP contribution in [0, 0.1) is 0 Å². The predicted octanol–water partition coefficient (Wildman–Crippen LogP) is 13.7. The fraction of sp³-hybridized carbons (Fsp3) is 0.